The molecule has 0 saturated heterocycles. The first-order valence-corrected chi connectivity index (χ1v) is 11.6. The van der Waals surface area contributed by atoms with Crippen LogP contribution in [0.4, 0.5) is 0 Å². The average molecular weight is 466 g/mol. The number of rotatable bonds is 3. The molecule has 0 amide bonds. The number of benzene rings is 1. The molecule has 0 aliphatic heterocycles. The number of phenolic OH excluding ortho intramolecular Hbond substituents is 1. The zero-order valence-electron chi connectivity index (χ0n) is 16.6. The minimum absolute atomic E-state index is 0.0126. The van der Waals surface area contributed by atoms with Crippen LogP contribution < -0.4 is 0 Å². The second-order valence-corrected chi connectivity index (χ2v) is 8.06. The van der Waals surface area contributed by atoms with Gasteiger partial charge in [0.1, 0.15) is 5.75 Å². The Labute approximate surface area is 169 Å². The van der Waals surface area contributed by atoms with E-state index >= 15 is 0 Å². The molecule has 10 N–H and O–H groups in total. The van der Waals surface area contributed by atoms with Crippen molar-refractivity contribution in [1.29, 1.82) is 0 Å². The van der Waals surface area contributed by atoms with Crippen LogP contribution in [0.5, 0.6) is 5.75 Å². The maximum atomic E-state index is 9.98. The Kier molecular flexibility index (Phi) is 20.7. The lowest BCUT2D eigenvalue weighted by atomic mass is 9.84. The molecule has 0 radical (unpaired) electrons. The number of hydrogen-bond acceptors (Lipinski definition) is 10. The molecule has 0 unspecified atom stereocenters. The van der Waals surface area contributed by atoms with Crippen molar-refractivity contribution in [2.75, 3.05) is 0 Å². The van der Waals surface area contributed by atoms with Crippen LogP contribution in [0.3, 0.4) is 0 Å². The molecule has 0 atom stereocenters. The highest BCUT2D eigenvalue weighted by molar-refractivity contribution is 7.38. The summed E-state index contributed by atoms with van der Waals surface area (Å²) in [4.78, 5) is 65.1. The summed E-state index contributed by atoms with van der Waals surface area (Å²) in [6, 6.07) is 4.09. The maximum absolute atomic E-state index is 9.98. The van der Waals surface area contributed by atoms with Crippen molar-refractivity contribution in [3.63, 3.8) is 0 Å². The van der Waals surface area contributed by atoms with E-state index in [1.165, 1.54) is 24.0 Å². The van der Waals surface area contributed by atoms with Gasteiger partial charge in [-0.15, -0.1) is 0 Å². The Hall–Kier alpha value is -0.0500. The van der Waals surface area contributed by atoms with E-state index in [1.54, 1.807) is 0 Å². The first kappa shape index (κ1) is 32.6. The monoisotopic (exact) mass is 466 g/mol. The van der Waals surface area contributed by atoms with Gasteiger partial charge in [-0.05, 0) is 47.9 Å². The van der Waals surface area contributed by atoms with Crippen LogP contribution in [0.15, 0.2) is 12.1 Å². The summed E-state index contributed by atoms with van der Waals surface area (Å²) in [6.07, 6.45) is 3.55. The molecule has 0 aromatic heterocycles. The highest BCUT2D eigenvalue weighted by Gasteiger charge is 2.19. The zero-order chi connectivity index (χ0) is 23.1. The Balaban J connectivity index is -0.000000427. The third-order valence-electron chi connectivity index (χ3n) is 3.06. The van der Waals surface area contributed by atoms with Crippen LogP contribution in [0.2, 0.25) is 0 Å². The molecule has 0 bridgehead atoms. The lowest BCUT2D eigenvalue weighted by Crippen LogP contribution is -2.12. The SMILES string of the molecule is CCCCc1cc(C(C)(C)C)c(O)cc1C.OP(O)O.OP(O)O.OP(O)O. The highest BCUT2D eigenvalue weighted by Crippen LogP contribution is 2.33. The van der Waals surface area contributed by atoms with Gasteiger partial charge in [0, 0.05) is 0 Å². The Morgan fingerprint density at radius 3 is 1.43 bits per heavy atom. The quantitative estimate of drug-likeness (QED) is 0.293. The second-order valence-electron chi connectivity index (χ2n) is 6.45. The van der Waals surface area contributed by atoms with Crippen molar-refractivity contribution in [3.8, 4) is 5.75 Å². The van der Waals surface area contributed by atoms with E-state index in [4.69, 9.17) is 44.0 Å². The number of aryl methyl sites for hydroxylation is 2. The van der Waals surface area contributed by atoms with E-state index in [0.29, 0.717) is 5.75 Å². The molecule has 1 aromatic carbocycles. The first-order chi connectivity index (χ1) is 12.6. The third-order valence-corrected chi connectivity index (χ3v) is 3.06. The smallest absolute Gasteiger partial charge is 0.324 e. The summed E-state index contributed by atoms with van der Waals surface area (Å²) in [6.45, 7) is 10.7. The van der Waals surface area contributed by atoms with Gasteiger partial charge in [-0.1, -0.05) is 40.2 Å². The summed E-state index contributed by atoms with van der Waals surface area (Å²) in [5, 5.41) is 9.98. The van der Waals surface area contributed by atoms with Gasteiger partial charge < -0.3 is 49.1 Å². The van der Waals surface area contributed by atoms with E-state index in [0.717, 1.165) is 12.0 Å². The van der Waals surface area contributed by atoms with Gasteiger partial charge in [0.25, 0.3) is 0 Å². The summed E-state index contributed by atoms with van der Waals surface area (Å²) in [7, 11) is -7.86. The predicted molar refractivity (Wildman–Crippen MR) is 111 cm³/mol. The predicted octanol–water partition coefficient (Wildman–Crippen LogP) is 1.91. The molecule has 28 heavy (non-hydrogen) atoms. The molecule has 0 fully saturated rings. The van der Waals surface area contributed by atoms with Gasteiger partial charge in [-0.2, -0.15) is 0 Å². The van der Waals surface area contributed by atoms with Crippen LogP contribution >= 0.6 is 25.8 Å². The largest absolute Gasteiger partial charge is 0.508 e. The number of phenols is 1. The van der Waals surface area contributed by atoms with Gasteiger partial charge in [-0.3, -0.25) is 0 Å². The third kappa shape index (κ3) is 24.0. The minimum atomic E-state index is -2.62. The fourth-order valence-corrected chi connectivity index (χ4v) is 1.97. The Morgan fingerprint density at radius 2 is 1.14 bits per heavy atom. The van der Waals surface area contributed by atoms with Gasteiger partial charge in [0.15, 0.2) is 0 Å². The van der Waals surface area contributed by atoms with E-state index in [1.807, 2.05) is 6.07 Å². The number of unbranched alkanes of at least 4 members (excludes halogenated alkanes) is 1. The molecular weight excluding hydrogens is 433 g/mol. The Bertz CT molecular complexity index is 485. The van der Waals surface area contributed by atoms with Crippen molar-refractivity contribution < 1.29 is 49.1 Å². The molecule has 10 nitrogen and oxygen atoms in total. The van der Waals surface area contributed by atoms with Gasteiger partial charge in [0.2, 0.25) is 0 Å². The summed E-state index contributed by atoms with van der Waals surface area (Å²) in [5.41, 5.74) is 3.66. The van der Waals surface area contributed by atoms with Crippen LogP contribution in [0.1, 0.15) is 57.2 Å². The Morgan fingerprint density at radius 1 is 0.786 bits per heavy atom. The fraction of sp³-hybridized carbons (Fsp3) is 0.600. The first-order valence-electron chi connectivity index (χ1n) is 7.99. The maximum Gasteiger partial charge on any atom is 0.324 e. The van der Waals surface area contributed by atoms with E-state index in [2.05, 4.69) is 40.7 Å². The van der Waals surface area contributed by atoms with Gasteiger partial charge >= 0.3 is 25.8 Å². The summed E-state index contributed by atoms with van der Waals surface area (Å²) >= 11 is 0. The molecular formula is C15H33O10P3. The normalized spacial score (nSPS) is 10.6. The van der Waals surface area contributed by atoms with E-state index in [-0.39, 0.29) is 5.41 Å². The topological polar surface area (TPSA) is 202 Å². The number of hydrogen-bond donors (Lipinski definition) is 10. The second kappa shape index (κ2) is 17.8. The van der Waals surface area contributed by atoms with Crippen LogP contribution in [0.25, 0.3) is 0 Å². The molecule has 13 heteroatoms. The number of aromatic hydroxyl groups is 1. The lowest BCUT2D eigenvalue weighted by molar-refractivity contribution is 0.366. The molecule has 0 aliphatic rings. The molecule has 0 spiro atoms. The van der Waals surface area contributed by atoms with Crippen molar-refractivity contribution in [2.45, 2.75) is 59.3 Å². The lowest BCUT2D eigenvalue weighted by Gasteiger charge is -2.22. The minimum Gasteiger partial charge on any atom is -0.508 e. The van der Waals surface area contributed by atoms with Crippen LogP contribution in [-0.2, 0) is 11.8 Å². The fourth-order valence-electron chi connectivity index (χ4n) is 1.97. The zero-order valence-corrected chi connectivity index (χ0v) is 19.3. The standard InChI is InChI=1S/C15H24O.3H3O3P/c1-6-7-8-12-10-13(15(3,4)5)14(16)9-11(12)2;3*1-4(2)3/h9-10,16H,6-8H2,1-5H3;3*1-3H. The van der Waals surface area contributed by atoms with Crippen LogP contribution in [-0.4, -0.2) is 49.1 Å². The van der Waals surface area contributed by atoms with E-state index in [9.17, 15) is 5.11 Å². The highest BCUT2D eigenvalue weighted by atomic mass is 31.2. The molecule has 168 valence electrons. The van der Waals surface area contributed by atoms with Crippen molar-refractivity contribution in [1.82, 2.24) is 0 Å². The summed E-state index contributed by atoms with van der Waals surface area (Å²) in [5.74, 6) is 0.435. The van der Waals surface area contributed by atoms with Crippen molar-refractivity contribution >= 4 is 25.8 Å². The van der Waals surface area contributed by atoms with Crippen molar-refractivity contribution in [2.24, 2.45) is 0 Å². The van der Waals surface area contributed by atoms with Crippen LogP contribution in [0, 0.1) is 6.92 Å². The molecule has 1 rings (SSSR count). The molecule has 0 aliphatic carbocycles. The van der Waals surface area contributed by atoms with Crippen molar-refractivity contribution in [3.05, 3.63) is 28.8 Å². The molecule has 0 saturated carbocycles. The average Bonchev–Trinajstić information content (AvgIpc) is 2.43. The molecule has 1 aromatic rings. The summed E-state index contributed by atoms with van der Waals surface area (Å²) < 4.78 is 0. The molecule has 0 heterocycles. The van der Waals surface area contributed by atoms with Gasteiger partial charge in [0.05, 0.1) is 0 Å². The van der Waals surface area contributed by atoms with Gasteiger partial charge in [-0.25, -0.2) is 0 Å². The van der Waals surface area contributed by atoms with E-state index < -0.39 is 25.8 Å².